The van der Waals surface area contributed by atoms with Crippen LogP contribution in [0.5, 0.6) is 0 Å². The van der Waals surface area contributed by atoms with Gasteiger partial charge in [-0.2, -0.15) is 9.37 Å². The maximum Gasteiger partial charge on any atom is 0.306 e. The number of halogens is 3. The van der Waals surface area contributed by atoms with Crippen LogP contribution in [0.15, 0.2) is 24.3 Å². The smallest absolute Gasteiger partial charge is 0.306 e. The van der Waals surface area contributed by atoms with Gasteiger partial charge < -0.3 is 15.5 Å². The van der Waals surface area contributed by atoms with Crippen molar-refractivity contribution in [3.05, 3.63) is 45.9 Å². The lowest BCUT2D eigenvalue weighted by Gasteiger charge is -2.19. The van der Waals surface area contributed by atoms with E-state index in [0.717, 1.165) is 62.4 Å². The Morgan fingerprint density at radius 3 is 2.70 bits per heavy atom. The topological polar surface area (TPSA) is 96.2 Å². The number of benzene rings is 1. The fraction of sp³-hybridized carbons (Fsp3) is 0.474. The van der Waals surface area contributed by atoms with Crippen LogP contribution in [0.2, 0.25) is 0 Å². The van der Waals surface area contributed by atoms with Crippen molar-refractivity contribution >= 4 is 48.0 Å². The SMILES string of the molecule is CCCCc1cc(N2CC[C@H](NC)C2)nc(Nc2ccc(F)c([N+](=O)[O-])c2)n1.Cl.Cl. The van der Waals surface area contributed by atoms with E-state index in [1.165, 1.54) is 6.07 Å². The number of hydrogen-bond acceptors (Lipinski definition) is 7. The summed E-state index contributed by atoms with van der Waals surface area (Å²) in [6.45, 7) is 3.89. The molecule has 1 aromatic carbocycles. The average molecular weight is 461 g/mol. The van der Waals surface area contributed by atoms with Gasteiger partial charge in [-0.15, -0.1) is 24.8 Å². The number of rotatable bonds is 8. The number of anilines is 3. The molecule has 11 heteroatoms. The molecule has 0 spiro atoms. The maximum absolute atomic E-state index is 13.6. The highest BCUT2D eigenvalue weighted by molar-refractivity contribution is 5.85. The van der Waals surface area contributed by atoms with Crippen molar-refractivity contribution in [3.63, 3.8) is 0 Å². The highest BCUT2D eigenvalue weighted by atomic mass is 35.5. The fourth-order valence-electron chi connectivity index (χ4n) is 3.25. The van der Waals surface area contributed by atoms with Gasteiger partial charge in [0.15, 0.2) is 0 Å². The average Bonchev–Trinajstić information content (AvgIpc) is 3.17. The molecule has 2 heterocycles. The van der Waals surface area contributed by atoms with E-state index in [0.29, 0.717) is 17.7 Å². The second-order valence-corrected chi connectivity index (χ2v) is 6.91. The zero-order valence-corrected chi connectivity index (χ0v) is 18.6. The van der Waals surface area contributed by atoms with Crippen LogP contribution in [0.1, 0.15) is 31.9 Å². The van der Waals surface area contributed by atoms with Crippen LogP contribution in [0.3, 0.4) is 0 Å². The first-order valence-corrected chi connectivity index (χ1v) is 9.51. The minimum atomic E-state index is -0.871. The van der Waals surface area contributed by atoms with E-state index < -0.39 is 16.4 Å². The number of nitrogens with zero attached hydrogens (tertiary/aromatic N) is 4. The zero-order chi connectivity index (χ0) is 20.1. The second kappa shape index (κ2) is 11.8. The first kappa shape index (κ1) is 25.8. The lowest BCUT2D eigenvalue weighted by molar-refractivity contribution is -0.387. The molecule has 1 atom stereocenters. The van der Waals surface area contributed by atoms with Gasteiger partial charge in [-0.25, -0.2) is 4.98 Å². The Balaban J connectivity index is 0.00000225. The molecule has 0 aliphatic carbocycles. The minimum Gasteiger partial charge on any atom is -0.355 e. The van der Waals surface area contributed by atoms with Crippen LogP contribution in [0.25, 0.3) is 0 Å². The molecule has 30 heavy (non-hydrogen) atoms. The van der Waals surface area contributed by atoms with Crippen molar-refractivity contribution in [1.29, 1.82) is 0 Å². The molecule has 1 aromatic heterocycles. The van der Waals surface area contributed by atoms with Crippen molar-refractivity contribution in [2.75, 3.05) is 30.4 Å². The van der Waals surface area contributed by atoms with Gasteiger partial charge in [-0.1, -0.05) is 13.3 Å². The van der Waals surface area contributed by atoms with E-state index in [-0.39, 0.29) is 24.8 Å². The quantitative estimate of drug-likeness (QED) is 0.448. The molecule has 0 bridgehead atoms. The summed E-state index contributed by atoms with van der Waals surface area (Å²) < 4.78 is 13.6. The third kappa shape index (κ3) is 6.38. The molecule has 1 saturated heterocycles. The molecule has 0 amide bonds. The predicted molar refractivity (Wildman–Crippen MR) is 121 cm³/mol. The third-order valence-electron chi connectivity index (χ3n) is 4.87. The molecule has 8 nitrogen and oxygen atoms in total. The molecule has 3 rings (SSSR count). The second-order valence-electron chi connectivity index (χ2n) is 6.91. The normalized spacial score (nSPS) is 15.3. The number of unbranched alkanes of at least 4 members (excludes halogenated alkanes) is 1. The lowest BCUT2D eigenvalue weighted by Crippen LogP contribution is -2.30. The van der Waals surface area contributed by atoms with Gasteiger partial charge in [0, 0.05) is 42.6 Å². The van der Waals surface area contributed by atoms with E-state index in [9.17, 15) is 14.5 Å². The summed E-state index contributed by atoms with van der Waals surface area (Å²) in [5, 5.41) is 17.3. The molecule has 166 valence electrons. The first-order chi connectivity index (χ1) is 13.5. The van der Waals surface area contributed by atoms with Crippen LogP contribution >= 0.6 is 24.8 Å². The van der Waals surface area contributed by atoms with Crippen molar-refractivity contribution in [3.8, 4) is 0 Å². The van der Waals surface area contributed by atoms with Crippen LogP contribution in [-0.2, 0) is 6.42 Å². The first-order valence-electron chi connectivity index (χ1n) is 9.51. The maximum atomic E-state index is 13.6. The molecule has 1 aliphatic heterocycles. The van der Waals surface area contributed by atoms with Crippen LogP contribution in [0, 0.1) is 15.9 Å². The number of nitrogens with one attached hydrogen (secondary N) is 2. The summed E-state index contributed by atoms with van der Waals surface area (Å²) >= 11 is 0. The van der Waals surface area contributed by atoms with Gasteiger partial charge in [0.05, 0.1) is 4.92 Å². The van der Waals surface area contributed by atoms with Crippen LogP contribution < -0.4 is 15.5 Å². The Morgan fingerprint density at radius 1 is 1.30 bits per heavy atom. The number of likely N-dealkylation sites (N-methyl/N-ethyl adjacent to an activating group) is 1. The van der Waals surface area contributed by atoms with E-state index in [1.807, 2.05) is 13.1 Å². The largest absolute Gasteiger partial charge is 0.355 e. The van der Waals surface area contributed by atoms with Crippen molar-refractivity contribution in [1.82, 2.24) is 15.3 Å². The standard InChI is InChI=1S/C19H25FN6O2.2ClH/c1-3-4-5-13-11-18(25-9-8-15(12-25)21-2)24-19(22-13)23-14-6-7-16(20)17(10-14)26(27)28;;/h6-7,10-11,15,21H,3-5,8-9,12H2,1-2H3,(H,22,23,24);2*1H/t15-;;/m0../s1. The summed E-state index contributed by atoms with van der Waals surface area (Å²) in [6.07, 6.45) is 3.93. The predicted octanol–water partition coefficient (Wildman–Crippen LogP) is 4.25. The van der Waals surface area contributed by atoms with Crippen LogP contribution in [0.4, 0.5) is 27.5 Å². The Morgan fingerprint density at radius 2 is 2.07 bits per heavy atom. The van der Waals surface area contributed by atoms with Gasteiger partial charge in [0.2, 0.25) is 11.8 Å². The zero-order valence-electron chi connectivity index (χ0n) is 16.9. The van der Waals surface area contributed by atoms with Crippen molar-refractivity contribution in [2.24, 2.45) is 0 Å². The molecule has 0 radical (unpaired) electrons. The lowest BCUT2D eigenvalue weighted by atomic mass is 10.2. The summed E-state index contributed by atoms with van der Waals surface area (Å²) in [5.74, 6) is 0.319. The Hall–Kier alpha value is -2.23. The monoisotopic (exact) mass is 460 g/mol. The van der Waals surface area contributed by atoms with E-state index in [2.05, 4.69) is 32.4 Å². The van der Waals surface area contributed by atoms with Gasteiger partial charge in [0.25, 0.3) is 0 Å². The van der Waals surface area contributed by atoms with E-state index in [4.69, 9.17) is 0 Å². The van der Waals surface area contributed by atoms with Crippen molar-refractivity contribution in [2.45, 2.75) is 38.6 Å². The minimum absolute atomic E-state index is 0. The third-order valence-corrected chi connectivity index (χ3v) is 4.87. The molecule has 1 aliphatic rings. The number of aryl methyl sites for hydroxylation is 1. The van der Waals surface area contributed by atoms with Crippen molar-refractivity contribution < 1.29 is 9.31 Å². The summed E-state index contributed by atoms with van der Waals surface area (Å²) in [6, 6.07) is 6.10. The molecular formula is C19H27Cl2FN6O2. The summed E-state index contributed by atoms with van der Waals surface area (Å²) in [7, 11) is 1.95. The number of aromatic nitrogens is 2. The number of nitro groups is 1. The molecule has 2 aromatic rings. The van der Waals surface area contributed by atoms with Gasteiger partial charge >= 0.3 is 5.69 Å². The molecular weight excluding hydrogens is 434 g/mol. The fourth-order valence-corrected chi connectivity index (χ4v) is 3.25. The van der Waals surface area contributed by atoms with Gasteiger partial charge in [0.1, 0.15) is 5.82 Å². The van der Waals surface area contributed by atoms with E-state index >= 15 is 0 Å². The summed E-state index contributed by atoms with van der Waals surface area (Å²) in [5.41, 5.74) is 0.712. The van der Waals surface area contributed by atoms with Crippen LogP contribution in [-0.4, -0.2) is 41.1 Å². The number of hydrogen-bond donors (Lipinski definition) is 2. The Labute approximate surface area is 187 Å². The molecule has 0 unspecified atom stereocenters. The number of nitro benzene ring substituents is 1. The molecule has 0 saturated carbocycles. The van der Waals surface area contributed by atoms with Gasteiger partial charge in [-0.3, -0.25) is 10.1 Å². The Bertz CT molecular complexity index is 858. The highest BCUT2D eigenvalue weighted by Gasteiger charge is 2.23. The highest BCUT2D eigenvalue weighted by Crippen LogP contribution is 2.26. The molecule has 2 N–H and O–H groups in total. The van der Waals surface area contributed by atoms with Gasteiger partial charge in [-0.05, 0) is 38.4 Å². The van der Waals surface area contributed by atoms with E-state index in [1.54, 1.807) is 0 Å². The Kier molecular flexibility index (Phi) is 10.2. The summed E-state index contributed by atoms with van der Waals surface area (Å²) in [4.78, 5) is 21.6. The molecule has 1 fully saturated rings.